The zero-order valence-corrected chi connectivity index (χ0v) is 21.2. The van der Waals surface area contributed by atoms with Crippen LogP contribution in [0.3, 0.4) is 0 Å². The molecular weight excluding hydrogens is 436 g/mol. The van der Waals surface area contributed by atoms with E-state index in [2.05, 4.69) is 54.4 Å². The summed E-state index contributed by atoms with van der Waals surface area (Å²) in [6.45, 7) is 5.55. The molecule has 1 saturated heterocycles. The van der Waals surface area contributed by atoms with Crippen LogP contribution in [0, 0.1) is 13.8 Å². The largest absolute Gasteiger partial charge is 0.497 e. The number of benzene rings is 3. The fraction of sp³-hybridized carbons (Fsp3) is 0.367. The highest BCUT2D eigenvalue weighted by Gasteiger charge is 2.32. The van der Waals surface area contributed by atoms with Gasteiger partial charge in [-0.1, -0.05) is 53.6 Å². The predicted molar refractivity (Wildman–Crippen MR) is 140 cm³/mol. The van der Waals surface area contributed by atoms with E-state index in [1.807, 2.05) is 36.4 Å². The van der Waals surface area contributed by atoms with Gasteiger partial charge in [-0.15, -0.1) is 0 Å². The quantitative estimate of drug-likeness (QED) is 0.482. The summed E-state index contributed by atoms with van der Waals surface area (Å²) in [4.78, 5) is 15.7. The van der Waals surface area contributed by atoms with Crippen molar-refractivity contribution in [3.8, 4) is 11.5 Å². The molecule has 0 radical (unpaired) electrons. The van der Waals surface area contributed by atoms with Crippen molar-refractivity contribution in [1.29, 1.82) is 0 Å². The van der Waals surface area contributed by atoms with Crippen LogP contribution in [0.1, 0.15) is 45.5 Å². The van der Waals surface area contributed by atoms with Crippen LogP contribution < -0.4 is 14.8 Å². The SMILES string of the molecule is COc1ccc(CN[C@H]2CCN(C(=O)c3cc(C)cc(C)c3)[C@@H](Cc3ccccc3)C2)c(OC)c1. The Hall–Kier alpha value is -3.31. The number of nitrogens with zero attached hydrogens (tertiary/aromatic N) is 1. The van der Waals surface area contributed by atoms with E-state index in [4.69, 9.17) is 9.47 Å². The number of hydrogen-bond acceptors (Lipinski definition) is 4. The average molecular weight is 473 g/mol. The van der Waals surface area contributed by atoms with E-state index in [-0.39, 0.29) is 11.9 Å². The molecular formula is C30H36N2O3. The molecule has 0 unspecified atom stereocenters. The van der Waals surface area contributed by atoms with Gasteiger partial charge in [0.2, 0.25) is 0 Å². The van der Waals surface area contributed by atoms with Crippen molar-refractivity contribution >= 4 is 5.91 Å². The van der Waals surface area contributed by atoms with Crippen LogP contribution >= 0.6 is 0 Å². The third kappa shape index (κ3) is 6.23. The molecule has 3 aromatic carbocycles. The molecule has 1 aliphatic heterocycles. The molecule has 0 aromatic heterocycles. The summed E-state index contributed by atoms with van der Waals surface area (Å²) in [7, 11) is 3.35. The van der Waals surface area contributed by atoms with E-state index in [0.717, 1.165) is 59.6 Å². The Labute approximate surface area is 209 Å². The van der Waals surface area contributed by atoms with Crippen LogP contribution in [0.25, 0.3) is 0 Å². The van der Waals surface area contributed by atoms with Crippen LogP contribution in [0.2, 0.25) is 0 Å². The van der Waals surface area contributed by atoms with Crippen molar-refractivity contribution in [1.82, 2.24) is 10.2 Å². The summed E-state index contributed by atoms with van der Waals surface area (Å²) in [5, 5.41) is 3.72. The zero-order chi connectivity index (χ0) is 24.8. The Balaban J connectivity index is 1.50. The number of ether oxygens (including phenoxy) is 2. The highest BCUT2D eigenvalue weighted by Crippen LogP contribution is 2.27. The molecule has 1 fully saturated rings. The summed E-state index contributed by atoms with van der Waals surface area (Å²) in [6, 6.07) is 23.0. The summed E-state index contributed by atoms with van der Waals surface area (Å²) in [5.74, 6) is 1.74. The Morgan fingerprint density at radius 3 is 2.40 bits per heavy atom. The number of carbonyl (C=O) groups excluding carboxylic acids is 1. The highest BCUT2D eigenvalue weighted by molar-refractivity contribution is 5.95. The summed E-state index contributed by atoms with van der Waals surface area (Å²) in [5.41, 5.74) is 5.39. The van der Waals surface area contributed by atoms with Crippen LogP contribution in [-0.4, -0.2) is 43.7 Å². The second-order valence-electron chi connectivity index (χ2n) is 9.50. The van der Waals surface area contributed by atoms with Crippen molar-refractivity contribution in [2.24, 2.45) is 0 Å². The number of likely N-dealkylation sites (tertiary alicyclic amines) is 1. The number of piperidine rings is 1. The van der Waals surface area contributed by atoms with Gasteiger partial charge < -0.3 is 19.7 Å². The molecule has 1 heterocycles. The lowest BCUT2D eigenvalue weighted by atomic mass is 9.91. The molecule has 1 aliphatic rings. The van der Waals surface area contributed by atoms with Crippen LogP contribution in [0.15, 0.2) is 66.7 Å². The Kier molecular flexibility index (Phi) is 8.09. The standard InChI is InChI=1S/C30H36N2O3/c1-21-14-22(2)16-25(15-21)30(33)32-13-12-26(18-27(32)17-23-8-6-5-7-9-23)31-20-24-10-11-28(34-3)19-29(24)35-4/h5-11,14-16,19,26-27,31H,12-13,17-18,20H2,1-4H3/t26-,27-/m0/s1. The number of rotatable bonds is 8. The summed E-state index contributed by atoms with van der Waals surface area (Å²) < 4.78 is 10.9. The fourth-order valence-electron chi connectivity index (χ4n) is 5.10. The molecule has 3 aromatic rings. The molecule has 4 rings (SSSR count). The lowest BCUT2D eigenvalue weighted by Crippen LogP contribution is -2.51. The van der Waals surface area contributed by atoms with E-state index in [9.17, 15) is 4.79 Å². The molecule has 0 spiro atoms. The maximum atomic E-state index is 13.6. The molecule has 0 saturated carbocycles. The van der Waals surface area contributed by atoms with Gasteiger partial charge in [0.1, 0.15) is 11.5 Å². The molecule has 0 aliphatic carbocycles. The first-order valence-electron chi connectivity index (χ1n) is 12.3. The van der Waals surface area contributed by atoms with Gasteiger partial charge in [0.05, 0.1) is 14.2 Å². The highest BCUT2D eigenvalue weighted by atomic mass is 16.5. The van der Waals surface area contributed by atoms with E-state index in [1.165, 1.54) is 5.56 Å². The van der Waals surface area contributed by atoms with Gasteiger partial charge in [-0.3, -0.25) is 4.79 Å². The monoisotopic (exact) mass is 472 g/mol. The Bertz CT molecular complexity index is 1130. The van der Waals surface area contributed by atoms with Crippen molar-refractivity contribution in [3.63, 3.8) is 0 Å². The lowest BCUT2D eigenvalue weighted by molar-refractivity contribution is 0.0576. The average Bonchev–Trinajstić information content (AvgIpc) is 2.87. The number of carbonyl (C=O) groups is 1. The summed E-state index contributed by atoms with van der Waals surface area (Å²) in [6.07, 6.45) is 2.67. The third-order valence-electron chi connectivity index (χ3n) is 6.83. The number of amides is 1. The Morgan fingerprint density at radius 1 is 0.971 bits per heavy atom. The molecule has 1 N–H and O–H groups in total. The van der Waals surface area contributed by atoms with Gasteiger partial charge in [0.25, 0.3) is 5.91 Å². The Morgan fingerprint density at radius 2 is 1.71 bits per heavy atom. The van der Waals surface area contributed by atoms with Gasteiger partial charge in [-0.05, 0) is 56.9 Å². The minimum absolute atomic E-state index is 0.132. The normalized spacial score (nSPS) is 17.8. The molecule has 35 heavy (non-hydrogen) atoms. The first kappa shape index (κ1) is 24.8. The lowest BCUT2D eigenvalue weighted by Gasteiger charge is -2.40. The van der Waals surface area contributed by atoms with Crippen LogP contribution in [0.4, 0.5) is 0 Å². The van der Waals surface area contributed by atoms with Gasteiger partial charge in [-0.2, -0.15) is 0 Å². The van der Waals surface area contributed by atoms with Gasteiger partial charge >= 0.3 is 0 Å². The molecule has 2 atom stereocenters. The second-order valence-corrected chi connectivity index (χ2v) is 9.50. The van der Waals surface area contributed by atoms with Gasteiger partial charge in [-0.25, -0.2) is 0 Å². The van der Waals surface area contributed by atoms with Crippen LogP contribution in [0.5, 0.6) is 11.5 Å². The van der Waals surface area contributed by atoms with Crippen molar-refractivity contribution in [2.45, 2.75) is 51.7 Å². The van der Waals surface area contributed by atoms with Gasteiger partial charge in [0, 0.05) is 42.4 Å². The molecule has 1 amide bonds. The zero-order valence-electron chi connectivity index (χ0n) is 21.2. The molecule has 184 valence electrons. The maximum absolute atomic E-state index is 13.6. The smallest absolute Gasteiger partial charge is 0.254 e. The fourth-order valence-corrected chi connectivity index (χ4v) is 5.10. The minimum atomic E-state index is 0.132. The first-order chi connectivity index (χ1) is 17.0. The number of hydrogen-bond donors (Lipinski definition) is 1. The molecule has 0 bridgehead atoms. The van der Waals surface area contributed by atoms with Crippen molar-refractivity contribution in [3.05, 3.63) is 94.5 Å². The number of nitrogens with one attached hydrogen (secondary N) is 1. The minimum Gasteiger partial charge on any atom is -0.497 e. The van der Waals surface area contributed by atoms with Crippen LogP contribution in [-0.2, 0) is 13.0 Å². The van der Waals surface area contributed by atoms with E-state index in [1.54, 1.807) is 14.2 Å². The second kappa shape index (κ2) is 11.4. The van der Waals surface area contributed by atoms with E-state index < -0.39 is 0 Å². The molecule has 5 nitrogen and oxygen atoms in total. The van der Waals surface area contributed by atoms with Gasteiger partial charge in [0.15, 0.2) is 0 Å². The first-order valence-corrected chi connectivity index (χ1v) is 12.3. The number of methoxy groups -OCH3 is 2. The van der Waals surface area contributed by atoms with E-state index in [0.29, 0.717) is 12.6 Å². The maximum Gasteiger partial charge on any atom is 0.254 e. The summed E-state index contributed by atoms with van der Waals surface area (Å²) >= 11 is 0. The molecule has 5 heteroatoms. The third-order valence-corrected chi connectivity index (χ3v) is 6.83. The van der Waals surface area contributed by atoms with Crippen molar-refractivity contribution in [2.75, 3.05) is 20.8 Å². The predicted octanol–water partition coefficient (Wildman–Crippen LogP) is 5.33. The topological polar surface area (TPSA) is 50.8 Å². The van der Waals surface area contributed by atoms with E-state index >= 15 is 0 Å². The van der Waals surface area contributed by atoms with Crippen molar-refractivity contribution < 1.29 is 14.3 Å². The number of aryl methyl sites for hydroxylation is 2.